The number of carbonyl (C=O) groups is 2. The lowest BCUT2D eigenvalue weighted by Crippen LogP contribution is -2.21. The highest BCUT2D eigenvalue weighted by Gasteiger charge is 2.23. The van der Waals surface area contributed by atoms with Gasteiger partial charge in [0.05, 0.1) is 18.7 Å². The number of ether oxygens (including phenoxy) is 1. The number of benzene rings is 1. The molecule has 0 fully saturated rings. The topological polar surface area (TPSA) is 72.4 Å². The largest absolute Gasteiger partial charge is 0.466 e. The number of aryl methyl sites for hydroxylation is 4. The number of rotatable bonds is 10. The van der Waals surface area contributed by atoms with Gasteiger partial charge >= 0.3 is 5.97 Å². The van der Waals surface area contributed by atoms with Crippen molar-refractivity contribution in [1.82, 2.24) is 14.9 Å². The molecule has 2 heterocycles. The average molecular weight is 506 g/mol. The van der Waals surface area contributed by atoms with Crippen LogP contribution in [0, 0.1) is 0 Å². The third-order valence-corrected chi connectivity index (χ3v) is 7.62. The molecule has 0 saturated heterocycles. The van der Waals surface area contributed by atoms with E-state index in [0.29, 0.717) is 12.2 Å². The standard InChI is InChI=1S/C29H35N3O3S/c1-4-35-27(33)18-25(20-12-14-22(15-13-20)29(34)32(2)3)28-31-24(19-36-28)10-7-9-23-17-16-21-8-5-6-11-26(21)30-23/h12-17,19,25H,4-11,18H2,1-3H3. The fraction of sp³-hybridized carbons (Fsp3) is 0.448. The van der Waals surface area contributed by atoms with Gasteiger partial charge in [0, 0.05) is 42.3 Å². The Labute approximate surface area is 217 Å². The number of pyridine rings is 1. The van der Waals surface area contributed by atoms with Crippen LogP contribution in [0.1, 0.15) is 82.1 Å². The normalized spacial score (nSPS) is 13.6. The molecule has 1 aromatic carbocycles. The Morgan fingerprint density at radius 2 is 1.75 bits per heavy atom. The second-order valence-corrected chi connectivity index (χ2v) is 10.4. The summed E-state index contributed by atoms with van der Waals surface area (Å²) in [6.45, 7) is 2.16. The van der Waals surface area contributed by atoms with Gasteiger partial charge < -0.3 is 9.64 Å². The van der Waals surface area contributed by atoms with Crippen LogP contribution in [-0.2, 0) is 35.2 Å². The minimum Gasteiger partial charge on any atom is -0.466 e. The number of nitrogens with zero attached hydrogens (tertiary/aromatic N) is 3. The van der Waals surface area contributed by atoms with E-state index in [1.54, 1.807) is 30.3 Å². The molecule has 1 aliphatic rings. The first-order chi connectivity index (χ1) is 17.4. The van der Waals surface area contributed by atoms with Crippen molar-refractivity contribution < 1.29 is 14.3 Å². The molecule has 0 N–H and O–H groups in total. The summed E-state index contributed by atoms with van der Waals surface area (Å²) >= 11 is 1.58. The van der Waals surface area contributed by atoms with Crippen LogP contribution in [0.5, 0.6) is 0 Å². The Bertz CT molecular complexity index is 1190. The summed E-state index contributed by atoms with van der Waals surface area (Å²) in [5.74, 6) is -0.492. The molecule has 0 bridgehead atoms. The van der Waals surface area contributed by atoms with E-state index in [2.05, 4.69) is 17.5 Å². The van der Waals surface area contributed by atoms with Crippen molar-refractivity contribution >= 4 is 23.2 Å². The van der Waals surface area contributed by atoms with Crippen LogP contribution >= 0.6 is 11.3 Å². The minimum absolute atomic E-state index is 0.0477. The van der Waals surface area contributed by atoms with Crippen molar-refractivity contribution in [3.63, 3.8) is 0 Å². The number of esters is 1. The molecule has 2 aromatic heterocycles. The smallest absolute Gasteiger partial charge is 0.306 e. The molecular weight excluding hydrogens is 470 g/mol. The lowest BCUT2D eigenvalue weighted by atomic mass is 9.95. The molecule has 0 saturated carbocycles. The van der Waals surface area contributed by atoms with E-state index in [0.717, 1.165) is 48.4 Å². The maximum atomic E-state index is 12.4. The first-order valence-corrected chi connectivity index (χ1v) is 13.7. The van der Waals surface area contributed by atoms with Crippen LogP contribution < -0.4 is 0 Å². The number of aromatic nitrogens is 2. The summed E-state index contributed by atoms with van der Waals surface area (Å²) in [4.78, 5) is 36.0. The summed E-state index contributed by atoms with van der Waals surface area (Å²) < 4.78 is 5.24. The lowest BCUT2D eigenvalue weighted by molar-refractivity contribution is -0.143. The van der Waals surface area contributed by atoms with Gasteiger partial charge in [-0.3, -0.25) is 14.6 Å². The molecule has 1 aliphatic carbocycles. The zero-order chi connectivity index (χ0) is 25.5. The summed E-state index contributed by atoms with van der Waals surface area (Å²) in [5.41, 5.74) is 6.49. The predicted molar refractivity (Wildman–Crippen MR) is 143 cm³/mol. The van der Waals surface area contributed by atoms with Crippen molar-refractivity contribution in [2.45, 2.75) is 64.2 Å². The zero-order valence-corrected chi connectivity index (χ0v) is 22.3. The van der Waals surface area contributed by atoms with E-state index in [-0.39, 0.29) is 24.2 Å². The van der Waals surface area contributed by atoms with Crippen LogP contribution in [0.4, 0.5) is 0 Å². The monoisotopic (exact) mass is 505 g/mol. The molecule has 0 spiro atoms. The fourth-order valence-electron chi connectivity index (χ4n) is 4.67. The summed E-state index contributed by atoms with van der Waals surface area (Å²) in [5, 5.41) is 2.99. The number of carbonyl (C=O) groups excluding carboxylic acids is 2. The van der Waals surface area contributed by atoms with E-state index < -0.39 is 0 Å². The Morgan fingerprint density at radius 3 is 2.50 bits per heavy atom. The van der Waals surface area contributed by atoms with Gasteiger partial charge in [0.1, 0.15) is 5.01 Å². The fourth-order valence-corrected chi connectivity index (χ4v) is 5.65. The quantitative estimate of drug-likeness (QED) is 0.346. The van der Waals surface area contributed by atoms with E-state index >= 15 is 0 Å². The van der Waals surface area contributed by atoms with Crippen LogP contribution in [-0.4, -0.2) is 47.4 Å². The highest BCUT2D eigenvalue weighted by atomic mass is 32.1. The summed E-state index contributed by atoms with van der Waals surface area (Å²) in [7, 11) is 3.47. The third-order valence-electron chi connectivity index (χ3n) is 6.61. The van der Waals surface area contributed by atoms with Crippen LogP contribution in [0.2, 0.25) is 0 Å². The van der Waals surface area contributed by atoms with Crippen LogP contribution in [0.3, 0.4) is 0 Å². The minimum atomic E-state index is -0.244. The maximum absolute atomic E-state index is 12.4. The number of fused-ring (bicyclic) bond motifs is 1. The second-order valence-electron chi connectivity index (χ2n) is 9.53. The Balaban J connectivity index is 1.43. The average Bonchev–Trinajstić information content (AvgIpc) is 3.35. The van der Waals surface area contributed by atoms with E-state index in [1.165, 1.54) is 29.8 Å². The molecule has 1 atom stereocenters. The second kappa shape index (κ2) is 12.3. The van der Waals surface area contributed by atoms with Crippen molar-refractivity contribution in [3.05, 3.63) is 80.6 Å². The first kappa shape index (κ1) is 26.0. The predicted octanol–water partition coefficient (Wildman–Crippen LogP) is 5.38. The van der Waals surface area contributed by atoms with Crippen molar-refractivity contribution in [2.24, 2.45) is 0 Å². The summed E-state index contributed by atoms with van der Waals surface area (Å²) in [6.07, 6.45) is 7.80. The van der Waals surface area contributed by atoms with Gasteiger partial charge in [0.2, 0.25) is 0 Å². The highest BCUT2D eigenvalue weighted by molar-refractivity contribution is 7.09. The SMILES string of the molecule is CCOC(=O)CC(c1ccc(C(=O)N(C)C)cc1)c1nc(CCCc2ccc3c(n2)CCCC3)cs1. The van der Waals surface area contributed by atoms with Crippen molar-refractivity contribution in [1.29, 1.82) is 0 Å². The molecule has 36 heavy (non-hydrogen) atoms. The molecule has 3 aromatic rings. The van der Waals surface area contributed by atoms with E-state index in [9.17, 15) is 9.59 Å². The first-order valence-electron chi connectivity index (χ1n) is 12.8. The van der Waals surface area contributed by atoms with Crippen LogP contribution in [0.25, 0.3) is 0 Å². The Kier molecular flexibility index (Phi) is 8.86. The molecule has 6 nitrogen and oxygen atoms in total. The molecule has 7 heteroatoms. The number of hydrogen-bond donors (Lipinski definition) is 0. The Hall–Kier alpha value is -3.06. The number of thiazole rings is 1. The van der Waals surface area contributed by atoms with Gasteiger partial charge in [0.25, 0.3) is 5.91 Å². The van der Waals surface area contributed by atoms with Crippen molar-refractivity contribution in [2.75, 3.05) is 20.7 Å². The lowest BCUT2D eigenvalue weighted by Gasteiger charge is -2.16. The molecule has 1 unspecified atom stereocenters. The highest BCUT2D eigenvalue weighted by Crippen LogP contribution is 2.32. The van der Waals surface area contributed by atoms with Gasteiger partial charge in [-0.05, 0) is 81.2 Å². The molecule has 0 aliphatic heterocycles. The molecular formula is C29H35N3O3S. The molecule has 4 rings (SSSR count). The number of amides is 1. The van der Waals surface area contributed by atoms with Gasteiger partial charge in [-0.25, -0.2) is 4.98 Å². The third kappa shape index (κ3) is 6.58. The maximum Gasteiger partial charge on any atom is 0.306 e. The van der Waals surface area contributed by atoms with E-state index in [1.807, 2.05) is 31.2 Å². The molecule has 1 amide bonds. The Morgan fingerprint density at radius 1 is 1.00 bits per heavy atom. The van der Waals surface area contributed by atoms with Gasteiger partial charge in [-0.15, -0.1) is 11.3 Å². The van der Waals surface area contributed by atoms with Gasteiger partial charge in [0.15, 0.2) is 0 Å². The van der Waals surface area contributed by atoms with E-state index in [4.69, 9.17) is 14.7 Å². The summed E-state index contributed by atoms with van der Waals surface area (Å²) in [6, 6.07) is 11.9. The number of hydrogen-bond acceptors (Lipinski definition) is 6. The van der Waals surface area contributed by atoms with Crippen LogP contribution in [0.15, 0.2) is 41.8 Å². The zero-order valence-electron chi connectivity index (χ0n) is 21.5. The van der Waals surface area contributed by atoms with Gasteiger partial charge in [-0.2, -0.15) is 0 Å². The van der Waals surface area contributed by atoms with Crippen molar-refractivity contribution in [3.8, 4) is 0 Å². The molecule has 190 valence electrons. The van der Waals surface area contributed by atoms with Gasteiger partial charge in [-0.1, -0.05) is 18.2 Å². The molecule has 0 radical (unpaired) electrons.